The lowest BCUT2D eigenvalue weighted by atomic mass is 9.95. The lowest BCUT2D eigenvalue weighted by Crippen LogP contribution is -2.21. The normalized spacial score (nSPS) is 12.8. The van der Waals surface area contributed by atoms with Gasteiger partial charge in [0.2, 0.25) is 5.91 Å². The number of ether oxygens (including phenoxy) is 1. The largest absolute Gasteiger partial charge is 0.465 e. The molecule has 1 aliphatic carbocycles. The van der Waals surface area contributed by atoms with Gasteiger partial charge in [0.25, 0.3) is 0 Å². The summed E-state index contributed by atoms with van der Waals surface area (Å²) in [4.78, 5) is 28.6. The van der Waals surface area contributed by atoms with Crippen molar-refractivity contribution in [2.24, 2.45) is 7.05 Å². The molecule has 0 spiro atoms. The third kappa shape index (κ3) is 5.38. The van der Waals surface area contributed by atoms with E-state index in [4.69, 9.17) is 4.74 Å². The number of thiophene rings is 1. The number of benzene rings is 1. The predicted molar refractivity (Wildman–Crippen MR) is 142 cm³/mol. The molecule has 1 amide bonds. The van der Waals surface area contributed by atoms with Gasteiger partial charge in [0.1, 0.15) is 5.00 Å². The number of nitrogens with zero attached hydrogens (tertiary/aromatic N) is 4. The van der Waals surface area contributed by atoms with Crippen LogP contribution in [0.15, 0.2) is 29.4 Å². The highest BCUT2D eigenvalue weighted by molar-refractivity contribution is 7.99. The van der Waals surface area contributed by atoms with Gasteiger partial charge < -0.3 is 19.5 Å². The monoisotopic (exact) mass is 513 g/mol. The molecule has 0 saturated carbocycles. The highest BCUT2D eigenvalue weighted by Gasteiger charge is 2.27. The lowest BCUT2D eigenvalue weighted by Gasteiger charge is -2.21. The number of esters is 1. The molecule has 3 aromatic rings. The second kappa shape index (κ2) is 11.3. The number of carbonyl (C=O) groups is 2. The molecule has 0 bridgehead atoms. The molecule has 4 rings (SSSR count). The Morgan fingerprint density at radius 3 is 2.54 bits per heavy atom. The second-order valence-electron chi connectivity index (χ2n) is 8.33. The van der Waals surface area contributed by atoms with Crippen LogP contribution in [0.3, 0.4) is 0 Å². The van der Waals surface area contributed by atoms with Crippen LogP contribution in [0, 0.1) is 0 Å². The zero-order chi connectivity index (χ0) is 24.9. The summed E-state index contributed by atoms with van der Waals surface area (Å²) >= 11 is 2.81. The number of thioether (sulfide) groups is 1. The molecule has 2 aromatic heterocycles. The zero-order valence-corrected chi connectivity index (χ0v) is 22.2. The van der Waals surface area contributed by atoms with Crippen LogP contribution in [0.4, 0.5) is 10.7 Å². The molecule has 0 saturated heterocycles. The van der Waals surface area contributed by atoms with Crippen LogP contribution in [0.2, 0.25) is 0 Å². The number of anilines is 2. The number of aryl methyl sites for hydroxylation is 1. The van der Waals surface area contributed by atoms with Crippen molar-refractivity contribution in [3.05, 3.63) is 40.3 Å². The Morgan fingerprint density at radius 2 is 1.86 bits per heavy atom. The summed E-state index contributed by atoms with van der Waals surface area (Å²) in [5.41, 5.74) is 3.69. The molecule has 0 atom stereocenters. The minimum absolute atomic E-state index is 0.163. The van der Waals surface area contributed by atoms with Gasteiger partial charge in [-0.15, -0.1) is 21.5 Å². The van der Waals surface area contributed by atoms with Crippen molar-refractivity contribution in [2.45, 2.75) is 44.7 Å². The number of methoxy groups -OCH3 is 1. The SMILES string of the molecule is CCN(CC)c1ccc(-c2nnc(SCC(=O)Nc3sc4c(c3C(=O)OC)CCCC4)n2C)cc1. The van der Waals surface area contributed by atoms with E-state index in [9.17, 15) is 9.59 Å². The third-order valence-corrected chi connectivity index (χ3v) is 8.46. The smallest absolute Gasteiger partial charge is 0.341 e. The van der Waals surface area contributed by atoms with Crippen molar-refractivity contribution in [1.29, 1.82) is 0 Å². The van der Waals surface area contributed by atoms with Crippen LogP contribution in [0.5, 0.6) is 0 Å². The summed E-state index contributed by atoms with van der Waals surface area (Å²) in [5.74, 6) is 0.331. The number of carbonyl (C=O) groups excluding carboxylic acids is 2. The van der Waals surface area contributed by atoms with E-state index >= 15 is 0 Å². The number of hydrogen-bond acceptors (Lipinski definition) is 8. The average molecular weight is 514 g/mol. The number of nitrogens with one attached hydrogen (secondary N) is 1. The first-order chi connectivity index (χ1) is 17.0. The molecule has 35 heavy (non-hydrogen) atoms. The fourth-order valence-electron chi connectivity index (χ4n) is 4.37. The van der Waals surface area contributed by atoms with Crippen LogP contribution in [-0.2, 0) is 29.4 Å². The Bertz CT molecular complexity index is 1200. The lowest BCUT2D eigenvalue weighted by molar-refractivity contribution is -0.113. The molecule has 1 N–H and O–H groups in total. The molecule has 0 fully saturated rings. The van der Waals surface area contributed by atoms with Crippen molar-refractivity contribution in [2.75, 3.05) is 36.2 Å². The van der Waals surface area contributed by atoms with E-state index < -0.39 is 5.97 Å². The van der Waals surface area contributed by atoms with Crippen molar-refractivity contribution in [3.8, 4) is 11.4 Å². The molecule has 186 valence electrons. The van der Waals surface area contributed by atoms with Gasteiger partial charge >= 0.3 is 5.97 Å². The number of hydrogen-bond donors (Lipinski definition) is 1. The average Bonchev–Trinajstić information content (AvgIpc) is 3.43. The molecule has 8 nitrogen and oxygen atoms in total. The van der Waals surface area contributed by atoms with Crippen molar-refractivity contribution >= 4 is 45.7 Å². The molecule has 1 aliphatic rings. The van der Waals surface area contributed by atoms with Gasteiger partial charge in [0, 0.05) is 36.3 Å². The van der Waals surface area contributed by atoms with Crippen LogP contribution >= 0.6 is 23.1 Å². The predicted octanol–water partition coefficient (Wildman–Crippen LogP) is 4.79. The van der Waals surface area contributed by atoms with Crippen molar-refractivity contribution in [3.63, 3.8) is 0 Å². The van der Waals surface area contributed by atoms with E-state index in [2.05, 4.69) is 46.4 Å². The Morgan fingerprint density at radius 1 is 1.14 bits per heavy atom. The maximum atomic E-state index is 12.8. The van der Waals surface area contributed by atoms with Gasteiger partial charge in [-0.2, -0.15) is 0 Å². The van der Waals surface area contributed by atoms with E-state index in [1.807, 2.05) is 23.7 Å². The summed E-state index contributed by atoms with van der Waals surface area (Å²) in [6.45, 7) is 6.20. The van der Waals surface area contributed by atoms with Gasteiger partial charge in [-0.1, -0.05) is 11.8 Å². The maximum Gasteiger partial charge on any atom is 0.341 e. The molecule has 2 heterocycles. The topological polar surface area (TPSA) is 89.3 Å². The van der Waals surface area contributed by atoms with E-state index in [-0.39, 0.29) is 11.7 Å². The summed E-state index contributed by atoms with van der Waals surface area (Å²) in [5, 5.41) is 12.8. The molecule has 1 aromatic carbocycles. The quantitative estimate of drug-likeness (QED) is 0.325. The summed E-state index contributed by atoms with van der Waals surface area (Å²) in [7, 11) is 3.27. The third-order valence-electron chi connectivity index (χ3n) is 6.24. The molecular formula is C25H31N5O3S2. The Hall–Kier alpha value is -2.85. The zero-order valence-electron chi connectivity index (χ0n) is 20.6. The summed E-state index contributed by atoms with van der Waals surface area (Å²) in [6, 6.07) is 8.28. The summed E-state index contributed by atoms with van der Waals surface area (Å²) in [6.07, 6.45) is 3.93. The van der Waals surface area contributed by atoms with Gasteiger partial charge in [-0.3, -0.25) is 4.79 Å². The van der Waals surface area contributed by atoms with E-state index in [0.29, 0.717) is 15.7 Å². The molecule has 0 unspecified atom stereocenters. The second-order valence-corrected chi connectivity index (χ2v) is 10.4. The van der Waals surface area contributed by atoms with Crippen molar-refractivity contribution < 1.29 is 14.3 Å². The first-order valence-electron chi connectivity index (χ1n) is 11.9. The van der Waals surface area contributed by atoms with Gasteiger partial charge in [0.05, 0.1) is 18.4 Å². The standard InChI is InChI=1S/C25H31N5O3S2/c1-5-30(6-2)17-13-11-16(12-14-17)22-27-28-25(29(22)3)34-15-20(31)26-23-21(24(32)33-4)18-9-7-8-10-19(18)35-23/h11-14H,5-10,15H2,1-4H3,(H,26,31). The van der Waals surface area contributed by atoms with Gasteiger partial charge in [0.15, 0.2) is 11.0 Å². The minimum atomic E-state index is -0.391. The Labute approximate surface area is 214 Å². The molecule has 10 heteroatoms. The first-order valence-corrected chi connectivity index (χ1v) is 13.7. The van der Waals surface area contributed by atoms with Crippen LogP contribution in [0.25, 0.3) is 11.4 Å². The van der Waals surface area contributed by atoms with Crippen LogP contribution in [0.1, 0.15) is 47.5 Å². The van der Waals surface area contributed by atoms with Gasteiger partial charge in [-0.25, -0.2) is 4.79 Å². The minimum Gasteiger partial charge on any atom is -0.465 e. The van der Waals surface area contributed by atoms with E-state index in [1.54, 1.807) is 0 Å². The molecule has 0 aliphatic heterocycles. The molecule has 0 radical (unpaired) electrons. The van der Waals surface area contributed by atoms with E-state index in [0.717, 1.165) is 55.7 Å². The molecular weight excluding hydrogens is 482 g/mol. The van der Waals surface area contributed by atoms with E-state index in [1.165, 1.54) is 40.8 Å². The Balaban J connectivity index is 1.43. The highest BCUT2D eigenvalue weighted by Crippen LogP contribution is 2.38. The van der Waals surface area contributed by atoms with Crippen molar-refractivity contribution in [1.82, 2.24) is 14.8 Å². The number of aromatic nitrogens is 3. The van der Waals surface area contributed by atoms with Gasteiger partial charge in [-0.05, 0) is 69.4 Å². The first kappa shape index (κ1) is 25.2. The number of rotatable bonds is 9. The summed E-state index contributed by atoms with van der Waals surface area (Å²) < 4.78 is 6.89. The number of fused-ring (bicyclic) bond motifs is 1. The van der Waals surface area contributed by atoms with Crippen LogP contribution in [-0.4, -0.2) is 52.6 Å². The highest BCUT2D eigenvalue weighted by atomic mass is 32.2. The van der Waals surface area contributed by atoms with Crippen LogP contribution < -0.4 is 10.2 Å². The number of amides is 1. The fourth-order valence-corrected chi connectivity index (χ4v) is 6.37. The Kier molecular flexibility index (Phi) is 8.12. The fraction of sp³-hybridized carbons (Fsp3) is 0.440. The maximum absolute atomic E-state index is 12.8.